The van der Waals surface area contributed by atoms with E-state index < -0.39 is 5.82 Å². The molecule has 1 aromatic carbocycles. The number of halogens is 1. The van der Waals surface area contributed by atoms with Crippen LogP contribution in [0.25, 0.3) is 0 Å². The Balaban J connectivity index is 2.24. The molecule has 0 saturated carbocycles. The first-order valence-corrected chi connectivity index (χ1v) is 6.02. The van der Waals surface area contributed by atoms with Crippen LogP contribution in [-0.4, -0.2) is 16.8 Å². The van der Waals surface area contributed by atoms with Crippen LogP contribution in [0.15, 0.2) is 18.2 Å². The highest BCUT2D eigenvalue weighted by Crippen LogP contribution is 2.33. The molecule has 1 aromatic heterocycles. The summed E-state index contributed by atoms with van der Waals surface area (Å²) in [6.45, 7) is 4.23. The molecule has 0 saturated heterocycles. The van der Waals surface area contributed by atoms with Crippen molar-refractivity contribution in [3.63, 3.8) is 0 Å². The molecule has 0 aliphatic rings. The monoisotopic (exact) mass is 265 g/mol. The maximum absolute atomic E-state index is 13.6. The number of aromatic amines is 1. The van der Waals surface area contributed by atoms with E-state index in [0.29, 0.717) is 18.2 Å². The summed E-state index contributed by atoms with van der Waals surface area (Å²) in [5, 5.41) is 6.68. The number of H-pyrrole nitrogens is 1. The van der Waals surface area contributed by atoms with Crippen LogP contribution in [0.2, 0.25) is 0 Å². The number of hydrogen-bond donors (Lipinski definition) is 2. The van der Waals surface area contributed by atoms with Gasteiger partial charge in [-0.25, -0.2) is 4.39 Å². The summed E-state index contributed by atoms with van der Waals surface area (Å²) in [5.74, 6) is 0.311. The fourth-order valence-electron chi connectivity index (χ4n) is 1.52. The van der Waals surface area contributed by atoms with Crippen molar-refractivity contribution in [2.75, 3.05) is 12.3 Å². The van der Waals surface area contributed by atoms with Gasteiger partial charge in [0, 0.05) is 23.9 Å². The Kier molecular flexibility index (Phi) is 3.89. The number of nitrogens with one attached hydrogen (secondary N) is 1. The van der Waals surface area contributed by atoms with E-state index in [1.54, 1.807) is 6.07 Å². The van der Waals surface area contributed by atoms with E-state index in [1.165, 1.54) is 12.1 Å². The van der Waals surface area contributed by atoms with Crippen molar-refractivity contribution >= 4 is 5.69 Å². The summed E-state index contributed by atoms with van der Waals surface area (Å²) in [7, 11) is 0. The summed E-state index contributed by atoms with van der Waals surface area (Å²) < 4.78 is 24.4. The van der Waals surface area contributed by atoms with Crippen molar-refractivity contribution in [3.8, 4) is 17.4 Å². The highest BCUT2D eigenvalue weighted by molar-refractivity contribution is 5.57. The molecule has 6 heteroatoms. The molecule has 2 rings (SSSR count). The van der Waals surface area contributed by atoms with Crippen LogP contribution in [-0.2, 0) is 0 Å². The van der Waals surface area contributed by atoms with E-state index in [9.17, 15) is 4.39 Å². The number of hydrogen-bond acceptors (Lipinski definition) is 4. The van der Waals surface area contributed by atoms with Crippen molar-refractivity contribution in [3.05, 3.63) is 29.7 Å². The van der Waals surface area contributed by atoms with E-state index in [1.807, 2.05) is 13.8 Å². The van der Waals surface area contributed by atoms with Gasteiger partial charge in [-0.3, -0.25) is 5.10 Å². The lowest BCUT2D eigenvalue weighted by atomic mass is 10.2. The number of benzene rings is 1. The molecule has 0 fully saturated rings. The molecule has 3 N–H and O–H groups in total. The van der Waals surface area contributed by atoms with Crippen LogP contribution in [0.1, 0.15) is 19.0 Å². The minimum atomic E-state index is -0.503. The molecule has 0 unspecified atom stereocenters. The summed E-state index contributed by atoms with van der Waals surface area (Å²) in [6.07, 6.45) is 0.790. The maximum atomic E-state index is 13.6. The molecule has 0 spiro atoms. The van der Waals surface area contributed by atoms with Gasteiger partial charge in [0.15, 0.2) is 17.3 Å². The topological polar surface area (TPSA) is 73.2 Å². The van der Waals surface area contributed by atoms with Crippen molar-refractivity contribution in [2.45, 2.75) is 20.3 Å². The summed E-state index contributed by atoms with van der Waals surface area (Å²) >= 11 is 0. The molecule has 2 aromatic rings. The maximum Gasteiger partial charge on any atom is 0.238 e. The molecule has 19 heavy (non-hydrogen) atoms. The van der Waals surface area contributed by atoms with Crippen molar-refractivity contribution in [1.29, 1.82) is 0 Å². The number of nitrogen functional groups attached to an aromatic ring is 1. The first-order chi connectivity index (χ1) is 9.10. The molecule has 0 radical (unpaired) electrons. The SMILES string of the molecule is CCCOc1cc(Oc2cc(C)[nH]n2)c(N)cc1F. The highest BCUT2D eigenvalue weighted by atomic mass is 19.1. The van der Waals surface area contributed by atoms with E-state index in [4.69, 9.17) is 15.2 Å². The third-order valence-corrected chi connectivity index (χ3v) is 2.42. The number of aryl methyl sites for hydroxylation is 1. The van der Waals surface area contributed by atoms with Gasteiger partial charge >= 0.3 is 0 Å². The number of aromatic nitrogens is 2. The van der Waals surface area contributed by atoms with Crippen molar-refractivity contribution < 1.29 is 13.9 Å². The Bertz CT molecular complexity index is 569. The van der Waals surface area contributed by atoms with Crippen LogP contribution in [0.4, 0.5) is 10.1 Å². The van der Waals surface area contributed by atoms with Gasteiger partial charge in [0.1, 0.15) is 0 Å². The Morgan fingerprint density at radius 1 is 1.32 bits per heavy atom. The van der Waals surface area contributed by atoms with Crippen LogP contribution in [0.3, 0.4) is 0 Å². The van der Waals surface area contributed by atoms with Gasteiger partial charge < -0.3 is 15.2 Å². The van der Waals surface area contributed by atoms with Crippen LogP contribution in [0, 0.1) is 12.7 Å². The lowest BCUT2D eigenvalue weighted by Gasteiger charge is -2.10. The van der Waals surface area contributed by atoms with Crippen LogP contribution >= 0.6 is 0 Å². The molecule has 102 valence electrons. The van der Waals surface area contributed by atoms with Gasteiger partial charge in [-0.15, -0.1) is 5.10 Å². The highest BCUT2D eigenvalue weighted by Gasteiger charge is 2.12. The van der Waals surface area contributed by atoms with E-state index in [0.717, 1.165) is 12.1 Å². The first-order valence-electron chi connectivity index (χ1n) is 6.02. The minimum Gasteiger partial charge on any atom is -0.490 e. The number of ether oxygens (including phenoxy) is 2. The largest absolute Gasteiger partial charge is 0.490 e. The van der Waals surface area contributed by atoms with E-state index in [-0.39, 0.29) is 11.4 Å². The molecule has 0 aliphatic carbocycles. The van der Waals surface area contributed by atoms with Gasteiger partial charge in [0.05, 0.1) is 12.3 Å². The Labute approximate surface area is 110 Å². The average Bonchev–Trinajstić information content (AvgIpc) is 2.77. The van der Waals surface area contributed by atoms with Crippen molar-refractivity contribution in [1.82, 2.24) is 10.2 Å². The summed E-state index contributed by atoms with van der Waals surface area (Å²) in [4.78, 5) is 0. The second-order valence-electron chi connectivity index (χ2n) is 4.16. The molecule has 1 heterocycles. The number of anilines is 1. The zero-order valence-electron chi connectivity index (χ0n) is 10.9. The molecular weight excluding hydrogens is 249 g/mol. The predicted octanol–water partition coefficient (Wildman–Crippen LogP) is 3.02. The van der Waals surface area contributed by atoms with Gasteiger partial charge in [0.2, 0.25) is 5.88 Å². The van der Waals surface area contributed by atoms with Gasteiger partial charge in [-0.1, -0.05) is 6.92 Å². The molecule has 0 atom stereocenters. The van der Waals surface area contributed by atoms with Crippen LogP contribution in [0.5, 0.6) is 17.4 Å². The van der Waals surface area contributed by atoms with Crippen LogP contribution < -0.4 is 15.2 Å². The quantitative estimate of drug-likeness (QED) is 0.815. The zero-order chi connectivity index (χ0) is 13.8. The fraction of sp³-hybridized carbons (Fsp3) is 0.308. The molecule has 5 nitrogen and oxygen atoms in total. The smallest absolute Gasteiger partial charge is 0.238 e. The number of rotatable bonds is 5. The Morgan fingerprint density at radius 3 is 2.74 bits per heavy atom. The second kappa shape index (κ2) is 5.60. The third kappa shape index (κ3) is 3.15. The van der Waals surface area contributed by atoms with Gasteiger partial charge in [0.25, 0.3) is 0 Å². The van der Waals surface area contributed by atoms with Gasteiger partial charge in [-0.2, -0.15) is 0 Å². The molecular formula is C13H16FN3O2. The summed E-state index contributed by atoms with van der Waals surface area (Å²) in [5.41, 5.74) is 6.77. The number of nitrogens with zero attached hydrogens (tertiary/aromatic N) is 1. The molecule has 0 bridgehead atoms. The third-order valence-electron chi connectivity index (χ3n) is 2.42. The average molecular weight is 265 g/mol. The predicted molar refractivity (Wildman–Crippen MR) is 70.0 cm³/mol. The normalized spacial score (nSPS) is 10.5. The lowest BCUT2D eigenvalue weighted by Crippen LogP contribution is -2.00. The lowest BCUT2D eigenvalue weighted by molar-refractivity contribution is 0.299. The Hall–Kier alpha value is -2.24. The molecule has 0 amide bonds. The standard InChI is InChI=1S/C13H16FN3O2/c1-3-4-18-11-7-12(10(15)6-9(11)14)19-13-5-8(2)16-17-13/h5-7H,3-4,15H2,1-2H3,(H,16,17). The Morgan fingerprint density at radius 2 is 2.11 bits per heavy atom. The van der Waals surface area contributed by atoms with Gasteiger partial charge in [-0.05, 0) is 13.3 Å². The fourth-order valence-corrected chi connectivity index (χ4v) is 1.52. The first kappa shape index (κ1) is 13.2. The summed E-state index contributed by atoms with van der Waals surface area (Å²) in [6, 6.07) is 4.33. The molecule has 0 aliphatic heterocycles. The van der Waals surface area contributed by atoms with E-state index >= 15 is 0 Å². The van der Waals surface area contributed by atoms with E-state index in [2.05, 4.69) is 10.2 Å². The second-order valence-corrected chi connectivity index (χ2v) is 4.16. The minimum absolute atomic E-state index is 0.123. The zero-order valence-corrected chi connectivity index (χ0v) is 10.9. The van der Waals surface area contributed by atoms with Crippen molar-refractivity contribution in [2.24, 2.45) is 0 Å². The number of nitrogens with two attached hydrogens (primary N) is 1.